The number of imidazole rings is 1. The van der Waals surface area contributed by atoms with Gasteiger partial charge in [0, 0.05) is 52.0 Å². The summed E-state index contributed by atoms with van der Waals surface area (Å²) in [6.45, 7) is 3.10. The van der Waals surface area contributed by atoms with Gasteiger partial charge in [0.05, 0.1) is 59.9 Å². The van der Waals surface area contributed by atoms with Crippen LogP contribution in [-0.2, 0) is 26.1 Å². The lowest BCUT2D eigenvalue weighted by Crippen LogP contribution is -2.49. The SMILES string of the molecule is Cn1c(=O)n(C2CCC(=O)NC2=O)c2cccc([C@H]3C[C@H](O[C@@H]4CCN(C[C@H]5CC[C@H](n6cc(NC(=O)c7cnn8ccc(N9C[C@H]%10C[C@@H]9CO%10)nc78)c(C(F)F)n6)CC5)C[C@@H]4F)C3)c21. The molecule has 1 unspecified atom stereocenters. The second kappa shape index (κ2) is 16.7. The molecule has 0 radical (unpaired) electrons. The second-order valence-electron chi connectivity index (χ2n) is 18.9. The second-order valence-corrected chi connectivity index (χ2v) is 18.9. The molecule has 2 bridgehead atoms. The van der Waals surface area contributed by atoms with Gasteiger partial charge in [0.2, 0.25) is 11.8 Å². The van der Waals surface area contributed by atoms with Gasteiger partial charge in [0.1, 0.15) is 23.6 Å². The topological polar surface area (TPSA) is 175 Å². The summed E-state index contributed by atoms with van der Waals surface area (Å²) in [6, 6.07) is 6.93. The molecule has 2 saturated carbocycles. The number of ether oxygens (including phenoxy) is 2. The Bertz CT molecular complexity index is 2720. The molecule has 17 nitrogen and oxygen atoms in total. The number of aryl methyl sites for hydroxylation is 1. The Hall–Kier alpha value is -5.60. The molecule has 8 heterocycles. The number of rotatable bonds is 11. The number of likely N-dealkylation sites (tertiary alicyclic amines) is 1. The number of carbonyl (C=O) groups is 3. The zero-order chi connectivity index (χ0) is 44.7. The predicted molar refractivity (Wildman–Crippen MR) is 230 cm³/mol. The zero-order valence-electron chi connectivity index (χ0n) is 36.0. The van der Waals surface area contributed by atoms with Crippen LogP contribution in [-0.4, -0.2) is 119 Å². The van der Waals surface area contributed by atoms with Crippen LogP contribution in [0.1, 0.15) is 110 Å². The number of para-hydroxylation sites is 1. The first kappa shape index (κ1) is 42.1. The van der Waals surface area contributed by atoms with Gasteiger partial charge in [0.25, 0.3) is 12.3 Å². The summed E-state index contributed by atoms with van der Waals surface area (Å²) in [5, 5.41) is 13.6. The molecule has 4 aromatic heterocycles. The Morgan fingerprint density at radius 3 is 2.60 bits per heavy atom. The summed E-state index contributed by atoms with van der Waals surface area (Å²) in [5.74, 6) is -0.238. The van der Waals surface area contributed by atoms with Crippen molar-refractivity contribution in [2.24, 2.45) is 13.0 Å². The fraction of sp³-hybridized carbons (Fsp3) is 0.578. The highest BCUT2D eigenvalue weighted by atomic mass is 19.3. The monoisotopic (exact) mass is 899 g/mol. The highest BCUT2D eigenvalue weighted by Gasteiger charge is 2.41. The van der Waals surface area contributed by atoms with Gasteiger partial charge >= 0.3 is 5.69 Å². The van der Waals surface area contributed by atoms with Crippen molar-refractivity contribution < 1.29 is 37.0 Å². The largest absolute Gasteiger partial charge is 0.374 e. The molecule has 2 N–H and O–H groups in total. The molecule has 65 heavy (non-hydrogen) atoms. The van der Waals surface area contributed by atoms with Crippen molar-refractivity contribution in [3.8, 4) is 0 Å². The summed E-state index contributed by atoms with van der Waals surface area (Å²) < 4.78 is 62.6. The molecule has 0 spiro atoms. The van der Waals surface area contributed by atoms with Crippen LogP contribution in [0.25, 0.3) is 16.7 Å². The summed E-state index contributed by atoms with van der Waals surface area (Å²) in [6.07, 6.45) is 6.64. The van der Waals surface area contributed by atoms with E-state index in [-0.39, 0.29) is 72.4 Å². The smallest absolute Gasteiger partial charge is 0.329 e. The molecule has 5 aromatic rings. The Balaban J connectivity index is 0.663. The highest BCUT2D eigenvalue weighted by molar-refractivity contribution is 6.08. The molecule has 6 aliphatic rings. The number of amides is 3. The zero-order valence-corrected chi connectivity index (χ0v) is 36.0. The van der Waals surface area contributed by atoms with Crippen LogP contribution in [0.3, 0.4) is 0 Å². The van der Waals surface area contributed by atoms with Gasteiger partial charge in [-0.2, -0.15) is 10.2 Å². The average molecular weight is 900 g/mol. The molecule has 1 aromatic carbocycles. The minimum atomic E-state index is -2.89. The Kier molecular flexibility index (Phi) is 10.8. The van der Waals surface area contributed by atoms with Crippen LogP contribution in [0.5, 0.6) is 0 Å². The lowest BCUT2D eigenvalue weighted by molar-refractivity contribution is -0.135. The maximum absolute atomic E-state index is 15.7. The van der Waals surface area contributed by atoms with Gasteiger partial charge in [-0.1, -0.05) is 12.1 Å². The van der Waals surface area contributed by atoms with Crippen LogP contribution in [0.4, 0.5) is 24.7 Å². The van der Waals surface area contributed by atoms with E-state index < -0.39 is 42.3 Å². The fourth-order valence-electron chi connectivity index (χ4n) is 11.3. The molecule has 2 aliphatic carbocycles. The van der Waals surface area contributed by atoms with Crippen LogP contribution in [0, 0.1) is 5.92 Å². The number of piperidine rings is 2. The Morgan fingerprint density at radius 1 is 1.03 bits per heavy atom. The summed E-state index contributed by atoms with van der Waals surface area (Å²) in [4.78, 5) is 60.5. The molecular formula is C45H52F3N11O6. The Labute approximate surface area is 371 Å². The molecule has 4 aliphatic heterocycles. The van der Waals surface area contributed by atoms with Crippen LogP contribution < -0.4 is 21.2 Å². The number of nitrogens with one attached hydrogen (secondary N) is 2. The van der Waals surface area contributed by atoms with E-state index >= 15 is 4.39 Å². The lowest BCUT2D eigenvalue weighted by atomic mass is 9.76. The maximum Gasteiger partial charge on any atom is 0.329 e. The number of benzene rings is 1. The van der Waals surface area contributed by atoms with Gasteiger partial charge < -0.3 is 19.7 Å². The molecule has 5 atom stereocenters. The number of aromatic nitrogens is 7. The number of hydrogen-bond acceptors (Lipinski definition) is 11. The number of morpholine rings is 1. The normalized spacial score (nSPS) is 29.6. The van der Waals surface area contributed by atoms with E-state index in [1.54, 1.807) is 22.5 Å². The van der Waals surface area contributed by atoms with Crippen LogP contribution in [0.2, 0.25) is 0 Å². The third kappa shape index (κ3) is 7.69. The quantitative estimate of drug-likeness (QED) is 0.174. The first-order valence-electron chi connectivity index (χ1n) is 22.9. The van der Waals surface area contributed by atoms with E-state index in [2.05, 4.69) is 30.6 Å². The third-order valence-electron chi connectivity index (χ3n) is 14.8. The highest BCUT2D eigenvalue weighted by Crippen LogP contribution is 2.43. The Morgan fingerprint density at radius 2 is 1.86 bits per heavy atom. The van der Waals surface area contributed by atoms with Gasteiger partial charge in [0.15, 0.2) is 11.3 Å². The molecule has 6 fully saturated rings. The number of anilines is 2. The number of carbonyl (C=O) groups excluding carboxylic acids is 3. The molecule has 3 amide bonds. The molecule has 11 rings (SSSR count). The maximum atomic E-state index is 15.7. The fourth-order valence-corrected chi connectivity index (χ4v) is 11.3. The minimum Gasteiger partial charge on any atom is -0.374 e. The van der Waals surface area contributed by atoms with Crippen LogP contribution in [0.15, 0.2) is 47.7 Å². The first-order valence-corrected chi connectivity index (χ1v) is 22.9. The third-order valence-corrected chi connectivity index (χ3v) is 14.8. The van der Waals surface area contributed by atoms with Crippen molar-refractivity contribution >= 4 is 45.9 Å². The van der Waals surface area contributed by atoms with E-state index in [0.717, 1.165) is 56.3 Å². The van der Waals surface area contributed by atoms with Crippen molar-refractivity contribution in [1.29, 1.82) is 0 Å². The number of halogens is 3. The average Bonchev–Trinajstić information content (AvgIpc) is 4.13. The van der Waals surface area contributed by atoms with Gasteiger partial charge in [-0.3, -0.25) is 38.4 Å². The number of imide groups is 1. The van der Waals surface area contributed by atoms with E-state index in [9.17, 15) is 28.0 Å². The van der Waals surface area contributed by atoms with E-state index in [4.69, 9.17) is 14.5 Å². The van der Waals surface area contributed by atoms with Gasteiger partial charge in [-0.25, -0.2) is 27.5 Å². The van der Waals surface area contributed by atoms with Gasteiger partial charge in [-0.05, 0) is 87.3 Å². The van der Waals surface area contributed by atoms with E-state index in [0.29, 0.717) is 55.3 Å². The standard InChI is InChI=1S/C45H52F3N11O6/c1-54-40-30(3-2-4-34(40)59(45(54)63)35-9-10-38(60)52-44(35)62)25-15-28(16-25)65-36-11-13-55(21-32(36)46)19-24-5-7-26(8-6-24)58-22-33(39(53-58)41(47)48)50-43(61)31-18-49-57-14-12-37(51-42(31)57)56-20-29-17-27(56)23-64-29/h2-4,12,14,18,22,24-29,32,35-36,41H,5-11,13,15-17,19-21,23H2,1H3,(H,50,61)(H,52,60,62)/t24-,25-,26-,27-,28-,29-,32+,35?,36-/m1/s1. The number of fused-ring (bicyclic) bond motifs is 4. The molecule has 20 heteroatoms. The number of hydrogen-bond donors (Lipinski definition) is 2. The van der Waals surface area contributed by atoms with Gasteiger partial charge in [-0.15, -0.1) is 0 Å². The molecule has 344 valence electrons. The minimum absolute atomic E-state index is 0.0424. The predicted octanol–water partition coefficient (Wildman–Crippen LogP) is 4.83. The van der Waals surface area contributed by atoms with Crippen molar-refractivity contribution in [3.05, 3.63) is 70.2 Å². The summed E-state index contributed by atoms with van der Waals surface area (Å²) in [5.41, 5.74) is 2.09. The summed E-state index contributed by atoms with van der Waals surface area (Å²) in [7, 11) is 1.70. The van der Waals surface area contributed by atoms with Crippen LogP contribution >= 0.6 is 0 Å². The number of alkyl halides is 3. The first-order chi connectivity index (χ1) is 31.4. The van der Waals surface area contributed by atoms with Crippen molar-refractivity contribution in [2.45, 2.75) is 119 Å². The van der Waals surface area contributed by atoms with Crippen molar-refractivity contribution in [3.63, 3.8) is 0 Å². The van der Waals surface area contributed by atoms with E-state index in [1.165, 1.54) is 21.5 Å². The van der Waals surface area contributed by atoms with E-state index in [1.807, 2.05) is 24.3 Å². The molecule has 4 saturated heterocycles. The molecular weight excluding hydrogens is 848 g/mol. The number of nitrogens with zero attached hydrogens (tertiary/aromatic N) is 9. The van der Waals surface area contributed by atoms with Crippen molar-refractivity contribution in [2.75, 3.05) is 43.0 Å². The lowest BCUT2D eigenvalue weighted by Gasteiger charge is -2.42. The summed E-state index contributed by atoms with van der Waals surface area (Å²) >= 11 is 0. The van der Waals surface area contributed by atoms with Crippen molar-refractivity contribution in [1.82, 2.24) is 43.7 Å².